The lowest BCUT2D eigenvalue weighted by Crippen LogP contribution is -2.29. The van der Waals surface area contributed by atoms with Gasteiger partial charge in [-0.2, -0.15) is 5.06 Å². The molecule has 6 nitrogen and oxygen atoms in total. The lowest BCUT2D eigenvalue weighted by atomic mass is 10.3. The summed E-state index contributed by atoms with van der Waals surface area (Å²) < 4.78 is 0. The smallest absolute Gasteiger partial charge is 0.333 e. The maximum absolute atomic E-state index is 10.9. The number of hydrogen-bond acceptors (Lipinski definition) is 4. The largest absolute Gasteiger partial charge is 0.481 e. The second kappa shape index (κ2) is 5.95. The molecule has 0 saturated carbocycles. The maximum atomic E-state index is 10.9. The molecule has 0 saturated heterocycles. The van der Waals surface area contributed by atoms with E-state index in [1.165, 1.54) is 7.05 Å². The number of carboxylic acids is 1. The van der Waals surface area contributed by atoms with Gasteiger partial charge in [-0.1, -0.05) is 6.92 Å². The summed E-state index contributed by atoms with van der Waals surface area (Å²) in [4.78, 5) is 36.4. The van der Waals surface area contributed by atoms with Gasteiger partial charge in [0.25, 0.3) is 5.91 Å². The van der Waals surface area contributed by atoms with Crippen molar-refractivity contribution in [1.82, 2.24) is 5.06 Å². The fraction of sp³-hybridized carbons (Fsp3) is 0.625. The van der Waals surface area contributed by atoms with Crippen LogP contribution in [0, 0.1) is 0 Å². The van der Waals surface area contributed by atoms with Crippen LogP contribution < -0.4 is 0 Å². The van der Waals surface area contributed by atoms with E-state index >= 15 is 0 Å². The van der Waals surface area contributed by atoms with Crippen molar-refractivity contribution in [3.63, 3.8) is 0 Å². The van der Waals surface area contributed by atoms with Crippen molar-refractivity contribution >= 4 is 17.8 Å². The van der Waals surface area contributed by atoms with Gasteiger partial charge in [0.1, 0.15) is 0 Å². The molecule has 0 heterocycles. The highest BCUT2D eigenvalue weighted by molar-refractivity contribution is 5.79. The van der Waals surface area contributed by atoms with E-state index in [2.05, 4.69) is 4.84 Å². The second-order valence-electron chi connectivity index (χ2n) is 2.60. The minimum absolute atomic E-state index is 0.225. The van der Waals surface area contributed by atoms with Crippen molar-refractivity contribution in [2.75, 3.05) is 7.05 Å². The summed E-state index contributed by atoms with van der Waals surface area (Å²) in [5, 5.41) is 9.07. The van der Waals surface area contributed by atoms with E-state index in [0.717, 1.165) is 5.06 Å². The Morgan fingerprint density at radius 1 is 1.29 bits per heavy atom. The van der Waals surface area contributed by atoms with Gasteiger partial charge in [-0.3, -0.25) is 9.59 Å². The molecule has 0 aromatic heterocycles. The van der Waals surface area contributed by atoms with E-state index in [-0.39, 0.29) is 25.2 Å². The Morgan fingerprint density at radius 2 is 1.86 bits per heavy atom. The zero-order valence-electron chi connectivity index (χ0n) is 8.15. The third kappa shape index (κ3) is 5.13. The van der Waals surface area contributed by atoms with Crippen molar-refractivity contribution in [2.24, 2.45) is 0 Å². The average Bonchev–Trinajstić information content (AvgIpc) is 2.13. The Labute approximate surface area is 81.4 Å². The number of rotatable bonds is 4. The van der Waals surface area contributed by atoms with Crippen LogP contribution in [0.1, 0.15) is 26.2 Å². The maximum Gasteiger partial charge on any atom is 0.333 e. The first kappa shape index (κ1) is 12.4. The number of nitrogens with zero attached hydrogens (tertiary/aromatic N) is 1. The minimum Gasteiger partial charge on any atom is -0.481 e. The molecule has 0 aliphatic rings. The first-order valence-electron chi connectivity index (χ1n) is 4.16. The van der Waals surface area contributed by atoms with Crippen LogP contribution in [-0.2, 0) is 19.2 Å². The van der Waals surface area contributed by atoms with Crippen LogP contribution in [0.25, 0.3) is 0 Å². The Kier molecular flexibility index (Phi) is 5.28. The molecule has 0 fully saturated rings. The van der Waals surface area contributed by atoms with Crippen molar-refractivity contribution in [1.29, 1.82) is 0 Å². The minimum atomic E-state index is -1.08. The van der Waals surface area contributed by atoms with E-state index in [0.29, 0.717) is 0 Å². The van der Waals surface area contributed by atoms with Crippen molar-refractivity contribution < 1.29 is 24.3 Å². The molecule has 1 N–H and O–H groups in total. The SMILES string of the molecule is CCC(=O)N(C)OC(=O)CCC(=O)O. The van der Waals surface area contributed by atoms with Crippen LogP contribution in [0.4, 0.5) is 0 Å². The first-order chi connectivity index (χ1) is 6.47. The van der Waals surface area contributed by atoms with Crippen LogP contribution in [0.3, 0.4) is 0 Å². The van der Waals surface area contributed by atoms with Gasteiger partial charge in [-0.25, -0.2) is 4.79 Å². The van der Waals surface area contributed by atoms with Gasteiger partial charge in [0.05, 0.1) is 12.8 Å². The van der Waals surface area contributed by atoms with Crippen LogP contribution in [0.15, 0.2) is 0 Å². The average molecular weight is 203 g/mol. The summed E-state index contributed by atoms with van der Waals surface area (Å²) >= 11 is 0. The standard InChI is InChI=1S/C8H13NO5/c1-3-6(10)9(2)14-8(13)5-4-7(11)12/h3-5H2,1-2H3,(H,11,12). The van der Waals surface area contributed by atoms with Crippen LogP contribution in [0.2, 0.25) is 0 Å². The Hall–Kier alpha value is -1.59. The number of carbonyl (C=O) groups excluding carboxylic acids is 2. The molecule has 0 bridgehead atoms. The molecule has 0 rings (SSSR count). The van der Waals surface area contributed by atoms with E-state index in [4.69, 9.17) is 5.11 Å². The Balaban J connectivity index is 3.82. The van der Waals surface area contributed by atoms with Crippen LogP contribution in [0.5, 0.6) is 0 Å². The summed E-state index contributed by atoms with van der Waals surface area (Å²) in [6.07, 6.45) is -0.313. The first-order valence-corrected chi connectivity index (χ1v) is 4.16. The molecule has 1 amide bonds. The van der Waals surface area contributed by atoms with Gasteiger partial charge in [-0.05, 0) is 0 Å². The molecule has 14 heavy (non-hydrogen) atoms. The van der Waals surface area contributed by atoms with Gasteiger partial charge in [0, 0.05) is 13.5 Å². The molecule has 0 aliphatic heterocycles. The fourth-order valence-electron chi connectivity index (χ4n) is 0.681. The third-order valence-electron chi connectivity index (χ3n) is 1.44. The van der Waals surface area contributed by atoms with E-state index in [9.17, 15) is 14.4 Å². The molecule has 0 atom stereocenters. The molecule has 0 aliphatic carbocycles. The van der Waals surface area contributed by atoms with Gasteiger partial charge in [0.15, 0.2) is 0 Å². The van der Waals surface area contributed by atoms with Gasteiger partial charge in [0.2, 0.25) is 0 Å². The van der Waals surface area contributed by atoms with E-state index in [1.807, 2.05) is 0 Å². The predicted octanol–water partition coefficient (Wildman–Crippen LogP) is 0.178. The molecular weight excluding hydrogens is 190 g/mol. The molecule has 0 unspecified atom stereocenters. The van der Waals surface area contributed by atoms with Gasteiger partial charge >= 0.3 is 11.9 Å². The predicted molar refractivity (Wildman–Crippen MR) is 46.0 cm³/mol. The molecule has 0 radical (unpaired) electrons. The summed E-state index contributed by atoms with van der Waals surface area (Å²) in [6.45, 7) is 1.63. The van der Waals surface area contributed by atoms with Gasteiger partial charge < -0.3 is 9.94 Å². The normalized spacial score (nSPS) is 9.29. The third-order valence-corrected chi connectivity index (χ3v) is 1.44. The van der Waals surface area contributed by atoms with Crippen molar-refractivity contribution in [2.45, 2.75) is 26.2 Å². The zero-order chi connectivity index (χ0) is 11.1. The lowest BCUT2D eigenvalue weighted by Gasteiger charge is -2.14. The highest BCUT2D eigenvalue weighted by Gasteiger charge is 2.13. The number of amides is 1. The highest BCUT2D eigenvalue weighted by atomic mass is 16.7. The number of hydrogen-bond donors (Lipinski definition) is 1. The molecule has 6 heteroatoms. The Morgan fingerprint density at radius 3 is 2.29 bits per heavy atom. The zero-order valence-corrected chi connectivity index (χ0v) is 8.15. The quantitative estimate of drug-likeness (QED) is 0.659. The van der Waals surface area contributed by atoms with Crippen molar-refractivity contribution in [3.8, 4) is 0 Å². The number of carbonyl (C=O) groups is 3. The van der Waals surface area contributed by atoms with E-state index in [1.54, 1.807) is 6.92 Å². The van der Waals surface area contributed by atoms with Crippen LogP contribution >= 0.6 is 0 Å². The summed E-state index contributed by atoms with van der Waals surface area (Å²) in [5.74, 6) is -2.14. The fourth-order valence-corrected chi connectivity index (χ4v) is 0.681. The molecule has 0 aromatic rings. The number of aliphatic carboxylic acids is 1. The summed E-state index contributed by atoms with van der Waals surface area (Å²) in [5.41, 5.74) is 0. The Bertz CT molecular complexity index is 238. The summed E-state index contributed by atoms with van der Waals surface area (Å²) in [6, 6.07) is 0. The van der Waals surface area contributed by atoms with Crippen LogP contribution in [-0.4, -0.2) is 35.1 Å². The number of hydroxylamine groups is 2. The topological polar surface area (TPSA) is 83.9 Å². The van der Waals surface area contributed by atoms with E-state index < -0.39 is 11.9 Å². The van der Waals surface area contributed by atoms with Gasteiger partial charge in [-0.15, -0.1) is 0 Å². The molecule has 80 valence electrons. The molecular formula is C8H13NO5. The second-order valence-corrected chi connectivity index (χ2v) is 2.60. The lowest BCUT2D eigenvalue weighted by molar-refractivity contribution is -0.192. The molecule has 0 aromatic carbocycles. The highest BCUT2D eigenvalue weighted by Crippen LogP contribution is 1.97. The number of carboxylic acid groups (broad SMARTS) is 1. The summed E-state index contributed by atoms with van der Waals surface area (Å²) in [7, 11) is 1.31. The molecule has 0 spiro atoms. The van der Waals surface area contributed by atoms with Crippen molar-refractivity contribution in [3.05, 3.63) is 0 Å². The monoisotopic (exact) mass is 203 g/mol.